The molecule has 1 heterocycles. The van der Waals surface area contributed by atoms with E-state index in [4.69, 9.17) is 0 Å². The van der Waals surface area contributed by atoms with Crippen molar-refractivity contribution < 1.29 is 15.0 Å². The number of rotatable bonds is 2. The van der Waals surface area contributed by atoms with Crippen molar-refractivity contribution >= 4 is 16.9 Å². The van der Waals surface area contributed by atoms with Crippen molar-refractivity contribution in [2.24, 2.45) is 0 Å². The molecular weight excluding hydrogens is 230 g/mol. The van der Waals surface area contributed by atoms with Crippen LogP contribution in [0, 0.1) is 20.8 Å². The molecule has 0 fully saturated rings. The van der Waals surface area contributed by atoms with Crippen LogP contribution in [0.25, 0.3) is 10.9 Å². The molecule has 18 heavy (non-hydrogen) atoms. The lowest BCUT2D eigenvalue weighted by Crippen LogP contribution is -2.01. The summed E-state index contributed by atoms with van der Waals surface area (Å²) in [4.78, 5) is 11.4. The standard InChI is InChI=1S/C14H17NO3/c1-5-15-9(4)12(14(17)18)11-8(3)13(16)7(2)6-10(11)15/h6,16H,5H2,1-4H3,(H,17,18). The van der Waals surface area contributed by atoms with Crippen molar-refractivity contribution in [1.29, 1.82) is 0 Å². The van der Waals surface area contributed by atoms with Gasteiger partial charge in [0.25, 0.3) is 0 Å². The molecule has 1 aromatic heterocycles. The molecule has 96 valence electrons. The van der Waals surface area contributed by atoms with Gasteiger partial charge in [-0.15, -0.1) is 0 Å². The predicted molar refractivity (Wildman–Crippen MR) is 70.4 cm³/mol. The van der Waals surface area contributed by atoms with Crippen molar-refractivity contribution in [3.63, 3.8) is 0 Å². The number of carboxylic acid groups (broad SMARTS) is 1. The molecule has 4 heteroatoms. The van der Waals surface area contributed by atoms with Crippen LogP contribution in [0.5, 0.6) is 5.75 Å². The van der Waals surface area contributed by atoms with E-state index in [-0.39, 0.29) is 5.75 Å². The van der Waals surface area contributed by atoms with Crippen molar-refractivity contribution in [3.8, 4) is 5.75 Å². The van der Waals surface area contributed by atoms with Gasteiger partial charge in [-0.3, -0.25) is 0 Å². The number of carboxylic acids is 1. The molecule has 0 unspecified atom stereocenters. The molecule has 2 rings (SSSR count). The van der Waals surface area contributed by atoms with Gasteiger partial charge in [0, 0.05) is 28.7 Å². The number of aryl methyl sites for hydroxylation is 3. The van der Waals surface area contributed by atoms with E-state index in [1.54, 1.807) is 13.8 Å². The van der Waals surface area contributed by atoms with E-state index in [0.717, 1.165) is 16.8 Å². The number of phenolic OH excluding ortho intramolecular Hbond substituents is 1. The first-order valence-electron chi connectivity index (χ1n) is 5.95. The first kappa shape index (κ1) is 12.5. The second-order valence-corrected chi connectivity index (χ2v) is 4.57. The van der Waals surface area contributed by atoms with Gasteiger partial charge in [0.2, 0.25) is 0 Å². The van der Waals surface area contributed by atoms with Crippen molar-refractivity contribution in [2.45, 2.75) is 34.2 Å². The van der Waals surface area contributed by atoms with E-state index in [0.29, 0.717) is 23.1 Å². The summed E-state index contributed by atoms with van der Waals surface area (Å²) in [5.74, 6) is -0.769. The van der Waals surface area contributed by atoms with Gasteiger partial charge in [-0.2, -0.15) is 0 Å². The Labute approximate surface area is 105 Å². The third kappa shape index (κ3) is 1.49. The summed E-state index contributed by atoms with van der Waals surface area (Å²) in [7, 11) is 0. The predicted octanol–water partition coefficient (Wildman–Crippen LogP) is 2.99. The lowest BCUT2D eigenvalue weighted by molar-refractivity contribution is 0.0698. The summed E-state index contributed by atoms with van der Waals surface area (Å²) in [6, 6.07) is 1.85. The van der Waals surface area contributed by atoms with Gasteiger partial charge in [0.05, 0.1) is 5.56 Å². The summed E-state index contributed by atoms with van der Waals surface area (Å²) in [6.07, 6.45) is 0. The van der Waals surface area contributed by atoms with E-state index < -0.39 is 5.97 Å². The number of aromatic hydroxyl groups is 1. The number of hydrogen-bond donors (Lipinski definition) is 2. The Kier molecular flexibility index (Phi) is 2.81. The minimum absolute atomic E-state index is 0.179. The molecule has 0 aliphatic carbocycles. The lowest BCUT2D eigenvalue weighted by atomic mass is 10.0. The highest BCUT2D eigenvalue weighted by molar-refractivity contribution is 6.07. The second-order valence-electron chi connectivity index (χ2n) is 4.57. The Hall–Kier alpha value is -1.97. The quantitative estimate of drug-likeness (QED) is 0.857. The highest BCUT2D eigenvalue weighted by Gasteiger charge is 2.22. The van der Waals surface area contributed by atoms with E-state index in [1.807, 2.05) is 24.5 Å². The molecule has 0 saturated heterocycles. The zero-order chi connectivity index (χ0) is 13.6. The third-order valence-electron chi connectivity index (χ3n) is 3.55. The number of fused-ring (bicyclic) bond motifs is 1. The van der Waals surface area contributed by atoms with Gasteiger partial charge in [-0.25, -0.2) is 4.79 Å². The first-order chi connectivity index (χ1) is 8.40. The Morgan fingerprint density at radius 1 is 1.33 bits per heavy atom. The summed E-state index contributed by atoms with van der Waals surface area (Å²) < 4.78 is 1.97. The number of phenols is 1. The Bertz CT molecular complexity index is 653. The number of benzene rings is 1. The monoisotopic (exact) mass is 247 g/mol. The SMILES string of the molecule is CCn1c(C)c(C(=O)O)c2c(C)c(O)c(C)cc21. The fraction of sp³-hybridized carbons (Fsp3) is 0.357. The van der Waals surface area contributed by atoms with Crippen LogP contribution in [-0.4, -0.2) is 20.7 Å². The maximum atomic E-state index is 11.4. The Morgan fingerprint density at radius 3 is 2.44 bits per heavy atom. The van der Waals surface area contributed by atoms with Gasteiger partial charge in [0.15, 0.2) is 0 Å². The Balaban J connectivity index is 3.06. The van der Waals surface area contributed by atoms with Crippen LogP contribution in [0.15, 0.2) is 6.07 Å². The maximum Gasteiger partial charge on any atom is 0.338 e. The zero-order valence-corrected chi connectivity index (χ0v) is 11.0. The molecule has 4 nitrogen and oxygen atoms in total. The zero-order valence-electron chi connectivity index (χ0n) is 11.0. The minimum atomic E-state index is -0.948. The molecule has 0 bridgehead atoms. The molecule has 0 aliphatic heterocycles. The topological polar surface area (TPSA) is 62.5 Å². The van der Waals surface area contributed by atoms with E-state index in [1.165, 1.54) is 0 Å². The van der Waals surface area contributed by atoms with E-state index in [2.05, 4.69) is 0 Å². The largest absolute Gasteiger partial charge is 0.507 e. The van der Waals surface area contributed by atoms with Crippen molar-refractivity contribution in [3.05, 3.63) is 28.5 Å². The van der Waals surface area contributed by atoms with Gasteiger partial charge in [0.1, 0.15) is 5.75 Å². The second kappa shape index (κ2) is 4.05. The molecule has 0 saturated carbocycles. The molecule has 0 amide bonds. The molecular formula is C14H17NO3. The molecule has 0 aliphatic rings. The third-order valence-corrected chi connectivity index (χ3v) is 3.55. The van der Waals surface area contributed by atoms with Crippen LogP contribution < -0.4 is 0 Å². The summed E-state index contributed by atoms with van der Waals surface area (Å²) in [5, 5.41) is 20.0. The number of carbonyl (C=O) groups is 1. The highest BCUT2D eigenvalue weighted by Crippen LogP contribution is 2.35. The van der Waals surface area contributed by atoms with Crippen molar-refractivity contribution in [2.75, 3.05) is 0 Å². The fourth-order valence-electron chi connectivity index (χ4n) is 2.65. The summed E-state index contributed by atoms with van der Waals surface area (Å²) in [5.41, 5.74) is 3.30. The number of nitrogens with zero attached hydrogens (tertiary/aromatic N) is 1. The van der Waals surface area contributed by atoms with E-state index in [9.17, 15) is 15.0 Å². The van der Waals surface area contributed by atoms with Crippen molar-refractivity contribution in [1.82, 2.24) is 4.57 Å². The summed E-state index contributed by atoms with van der Waals surface area (Å²) >= 11 is 0. The molecule has 1 aromatic carbocycles. The maximum absolute atomic E-state index is 11.4. The van der Waals surface area contributed by atoms with E-state index >= 15 is 0 Å². The smallest absolute Gasteiger partial charge is 0.338 e. The Morgan fingerprint density at radius 2 is 1.94 bits per heavy atom. The molecule has 0 spiro atoms. The van der Waals surface area contributed by atoms with Crippen LogP contribution in [0.3, 0.4) is 0 Å². The highest BCUT2D eigenvalue weighted by atomic mass is 16.4. The van der Waals surface area contributed by atoms with Gasteiger partial charge >= 0.3 is 5.97 Å². The molecule has 2 aromatic rings. The first-order valence-corrected chi connectivity index (χ1v) is 5.95. The average molecular weight is 247 g/mol. The van der Waals surface area contributed by atoms with Gasteiger partial charge in [-0.1, -0.05) is 0 Å². The van der Waals surface area contributed by atoms with Gasteiger partial charge in [-0.05, 0) is 39.3 Å². The van der Waals surface area contributed by atoms with Gasteiger partial charge < -0.3 is 14.8 Å². The van der Waals surface area contributed by atoms with Crippen LogP contribution >= 0.6 is 0 Å². The van der Waals surface area contributed by atoms with Crippen LogP contribution in [0.1, 0.15) is 34.1 Å². The van der Waals surface area contributed by atoms with Crippen LogP contribution in [0.2, 0.25) is 0 Å². The minimum Gasteiger partial charge on any atom is -0.507 e. The number of hydrogen-bond acceptors (Lipinski definition) is 2. The lowest BCUT2D eigenvalue weighted by Gasteiger charge is -2.08. The van der Waals surface area contributed by atoms with Crippen LogP contribution in [0.4, 0.5) is 0 Å². The number of aromatic nitrogens is 1. The number of aromatic carboxylic acids is 1. The van der Waals surface area contributed by atoms with Crippen LogP contribution in [-0.2, 0) is 6.54 Å². The summed E-state index contributed by atoms with van der Waals surface area (Å²) in [6.45, 7) is 8.08. The molecule has 0 radical (unpaired) electrons. The molecule has 2 N–H and O–H groups in total. The average Bonchev–Trinajstić information content (AvgIpc) is 2.58. The normalized spacial score (nSPS) is 11.1. The fourth-order valence-corrected chi connectivity index (χ4v) is 2.65. The molecule has 0 atom stereocenters.